The molecule has 1 N–H and O–H groups in total. The highest BCUT2D eigenvalue weighted by Crippen LogP contribution is 2.16. The zero-order chi connectivity index (χ0) is 14.8. The summed E-state index contributed by atoms with van der Waals surface area (Å²) in [5.74, 6) is 0.385. The van der Waals surface area contributed by atoms with Crippen molar-refractivity contribution in [3.8, 4) is 0 Å². The van der Waals surface area contributed by atoms with Crippen molar-refractivity contribution in [1.29, 1.82) is 0 Å². The summed E-state index contributed by atoms with van der Waals surface area (Å²) < 4.78 is 49.4. The van der Waals surface area contributed by atoms with Crippen LogP contribution >= 0.6 is 11.6 Å². The van der Waals surface area contributed by atoms with Crippen molar-refractivity contribution < 1.29 is 16.8 Å². The van der Waals surface area contributed by atoms with Gasteiger partial charge in [-0.3, -0.25) is 0 Å². The minimum atomic E-state index is -3.67. The second-order valence-corrected chi connectivity index (χ2v) is 9.12. The highest BCUT2D eigenvalue weighted by molar-refractivity contribution is 7.92. The van der Waals surface area contributed by atoms with Gasteiger partial charge in [-0.1, -0.05) is 12.1 Å². The Morgan fingerprint density at radius 3 is 2.40 bits per heavy atom. The second-order valence-electron chi connectivity index (χ2n) is 4.80. The lowest BCUT2D eigenvalue weighted by Gasteiger charge is -2.11. The van der Waals surface area contributed by atoms with E-state index < -0.39 is 25.9 Å². The van der Waals surface area contributed by atoms with Crippen LogP contribution in [0.1, 0.15) is 12.0 Å². The van der Waals surface area contributed by atoms with Crippen molar-refractivity contribution in [3.63, 3.8) is 0 Å². The van der Waals surface area contributed by atoms with E-state index in [1.165, 1.54) is 12.1 Å². The van der Waals surface area contributed by atoms with Crippen LogP contribution < -0.4 is 4.72 Å². The molecule has 1 aromatic carbocycles. The highest BCUT2D eigenvalue weighted by Gasteiger charge is 2.31. The molecule has 1 saturated heterocycles. The fraction of sp³-hybridized carbons (Fsp3) is 0.500. The van der Waals surface area contributed by atoms with E-state index >= 15 is 0 Å². The van der Waals surface area contributed by atoms with Gasteiger partial charge in [-0.05, 0) is 30.5 Å². The molecular weight excluding hydrogens is 322 g/mol. The van der Waals surface area contributed by atoms with E-state index in [0.717, 1.165) is 5.56 Å². The molecule has 2 rings (SSSR count). The minimum absolute atomic E-state index is 0.0366. The van der Waals surface area contributed by atoms with Gasteiger partial charge in [0.2, 0.25) is 10.0 Å². The van der Waals surface area contributed by atoms with Crippen molar-refractivity contribution in [2.24, 2.45) is 0 Å². The lowest BCUT2D eigenvalue weighted by atomic mass is 10.2. The quantitative estimate of drug-likeness (QED) is 0.811. The molecule has 8 heteroatoms. The topological polar surface area (TPSA) is 80.3 Å². The fourth-order valence-corrected chi connectivity index (χ4v) is 5.39. The molecule has 112 valence electrons. The summed E-state index contributed by atoms with van der Waals surface area (Å²) in [6, 6.07) is 5.90. The lowest BCUT2D eigenvalue weighted by Crippen LogP contribution is -2.35. The van der Waals surface area contributed by atoms with Crippen molar-refractivity contribution in [3.05, 3.63) is 29.8 Å². The van der Waals surface area contributed by atoms with Gasteiger partial charge in [0.15, 0.2) is 9.84 Å². The Kier molecular flexibility index (Phi) is 4.73. The maximum absolute atomic E-state index is 12.1. The summed E-state index contributed by atoms with van der Waals surface area (Å²) in [7, 11) is -6.78. The molecule has 1 aliphatic rings. The molecule has 1 atom stereocenters. The molecule has 1 aromatic rings. The molecule has 20 heavy (non-hydrogen) atoms. The van der Waals surface area contributed by atoms with E-state index in [9.17, 15) is 16.8 Å². The molecule has 0 saturated carbocycles. The van der Waals surface area contributed by atoms with E-state index in [1.807, 2.05) is 0 Å². The number of nitrogens with one attached hydrogen (secondary N) is 1. The maximum atomic E-state index is 12.1. The molecule has 0 spiro atoms. The number of alkyl halides is 1. The monoisotopic (exact) mass is 337 g/mol. The van der Waals surface area contributed by atoms with E-state index in [-0.39, 0.29) is 16.4 Å². The predicted molar refractivity (Wildman–Crippen MR) is 78.2 cm³/mol. The summed E-state index contributed by atoms with van der Waals surface area (Å²) in [6.07, 6.45) is 1.00. The normalized spacial score (nSPS) is 21.9. The van der Waals surface area contributed by atoms with E-state index in [2.05, 4.69) is 4.72 Å². The molecule has 0 radical (unpaired) electrons. The van der Waals surface area contributed by atoms with Crippen LogP contribution in [0.5, 0.6) is 0 Å². The number of benzene rings is 1. The third-order valence-electron chi connectivity index (χ3n) is 3.17. The van der Waals surface area contributed by atoms with Crippen LogP contribution in [0, 0.1) is 0 Å². The van der Waals surface area contributed by atoms with Gasteiger partial charge in [-0.15, -0.1) is 11.6 Å². The second kappa shape index (κ2) is 6.01. The van der Waals surface area contributed by atoms with Gasteiger partial charge in [0, 0.05) is 11.9 Å². The van der Waals surface area contributed by atoms with Crippen molar-refractivity contribution in [2.45, 2.75) is 23.8 Å². The molecule has 1 aliphatic heterocycles. The van der Waals surface area contributed by atoms with Gasteiger partial charge >= 0.3 is 0 Å². The summed E-state index contributed by atoms with van der Waals surface area (Å²) in [4.78, 5) is 0.139. The van der Waals surface area contributed by atoms with Gasteiger partial charge < -0.3 is 0 Å². The van der Waals surface area contributed by atoms with Crippen LogP contribution in [0.2, 0.25) is 0 Å². The molecule has 0 aliphatic carbocycles. The summed E-state index contributed by atoms with van der Waals surface area (Å²) in [5.41, 5.74) is 0.961. The van der Waals surface area contributed by atoms with Gasteiger partial charge in [0.25, 0.3) is 0 Å². The van der Waals surface area contributed by atoms with Gasteiger partial charge in [0.1, 0.15) is 0 Å². The van der Waals surface area contributed by atoms with Crippen LogP contribution in [-0.4, -0.2) is 40.3 Å². The number of rotatable bonds is 5. The Bertz CT molecular complexity index is 668. The van der Waals surface area contributed by atoms with E-state index in [0.29, 0.717) is 18.7 Å². The van der Waals surface area contributed by atoms with Crippen LogP contribution in [0.3, 0.4) is 0 Å². The van der Waals surface area contributed by atoms with Crippen molar-refractivity contribution in [1.82, 2.24) is 4.72 Å². The number of sulfone groups is 1. The zero-order valence-corrected chi connectivity index (χ0v) is 13.1. The average molecular weight is 338 g/mol. The first-order valence-corrected chi connectivity index (χ1v) is 10.0. The summed E-state index contributed by atoms with van der Waals surface area (Å²) >= 11 is 5.62. The molecule has 1 heterocycles. The third-order valence-corrected chi connectivity index (χ3v) is 6.66. The Hall–Kier alpha value is -0.630. The number of sulfonamides is 1. The number of hydrogen-bond acceptors (Lipinski definition) is 4. The lowest BCUT2D eigenvalue weighted by molar-refractivity contribution is 0.562. The Morgan fingerprint density at radius 1 is 1.25 bits per heavy atom. The van der Waals surface area contributed by atoms with Crippen LogP contribution in [0.4, 0.5) is 0 Å². The minimum Gasteiger partial charge on any atom is -0.229 e. The smallest absolute Gasteiger partial charge is 0.229 e. The Balaban J connectivity index is 2.10. The molecule has 1 fully saturated rings. The molecule has 0 amide bonds. The zero-order valence-electron chi connectivity index (χ0n) is 10.7. The molecule has 0 bridgehead atoms. The highest BCUT2D eigenvalue weighted by atomic mass is 35.5. The van der Waals surface area contributed by atoms with Gasteiger partial charge in [-0.2, -0.15) is 0 Å². The summed E-state index contributed by atoms with van der Waals surface area (Å²) in [6.45, 7) is 0. The maximum Gasteiger partial charge on any atom is 0.240 e. The Morgan fingerprint density at radius 2 is 1.90 bits per heavy atom. The van der Waals surface area contributed by atoms with Gasteiger partial charge in [-0.25, -0.2) is 21.6 Å². The molecular formula is C12H16ClNO4S2. The van der Waals surface area contributed by atoms with Crippen LogP contribution in [0.15, 0.2) is 29.2 Å². The number of halogens is 1. The SMILES string of the molecule is O=S1(=O)CCC(NS(=O)(=O)c2ccc(CCCl)cc2)C1. The fourth-order valence-electron chi connectivity index (χ4n) is 2.12. The number of hydrogen-bond donors (Lipinski definition) is 1. The summed E-state index contributed by atoms with van der Waals surface area (Å²) in [5, 5.41) is 0. The van der Waals surface area contributed by atoms with E-state index in [1.54, 1.807) is 12.1 Å². The molecule has 5 nitrogen and oxygen atoms in total. The van der Waals surface area contributed by atoms with E-state index in [4.69, 9.17) is 11.6 Å². The third kappa shape index (κ3) is 3.94. The first-order valence-electron chi connectivity index (χ1n) is 6.20. The number of aryl methyl sites for hydroxylation is 1. The predicted octanol–water partition coefficient (Wildman–Crippen LogP) is 0.933. The molecule has 1 unspecified atom stereocenters. The van der Waals surface area contributed by atoms with Crippen LogP contribution in [0.25, 0.3) is 0 Å². The van der Waals surface area contributed by atoms with Crippen molar-refractivity contribution >= 4 is 31.5 Å². The largest absolute Gasteiger partial charge is 0.240 e. The standard InChI is InChI=1S/C12H16ClNO4S2/c13-7-5-10-1-3-12(4-2-10)20(17,18)14-11-6-8-19(15,16)9-11/h1-4,11,14H,5-9H2. The van der Waals surface area contributed by atoms with Crippen LogP contribution in [-0.2, 0) is 26.3 Å². The first kappa shape index (κ1) is 15.8. The molecule has 0 aromatic heterocycles. The Labute approximate surface area is 124 Å². The first-order chi connectivity index (χ1) is 9.32. The van der Waals surface area contributed by atoms with Gasteiger partial charge in [0.05, 0.1) is 16.4 Å². The van der Waals surface area contributed by atoms with Crippen molar-refractivity contribution in [2.75, 3.05) is 17.4 Å². The average Bonchev–Trinajstić information content (AvgIpc) is 2.69.